The molecule has 24 heavy (non-hydrogen) atoms. The number of aromatic hydroxyl groups is 2. The van der Waals surface area contributed by atoms with Crippen molar-refractivity contribution in [2.24, 2.45) is 0 Å². The first-order chi connectivity index (χ1) is 11.4. The number of fused-ring (bicyclic) bond motifs is 5. The van der Waals surface area contributed by atoms with Crippen LogP contribution in [-0.4, -0.2) is 38.4 Å². The van der Waals surface area contributed by atoms with Gasteiger partial charge in [0.1, 0.15) is 17.6 Å². The first-order valence-electron chi connectivity index (χ1n) is 7.66. The molecule has 5 nitrogen and oxygen atoms in total. The summed E-state index contributed by atoms with van der Waals surface area (Å²) in [7, 11) is 0. The topological polar surface area (TPSA) is 98.0 Å². The maximum Gasteiger partial charge on any atom is 0.184 e. The third-order valence-corrected chi connectivity index (χ3v) is 4.10. The van der Waals surface area contributed by atoms with Gasteiger partial charge < -0.3 is 20.4 Å². The molecule has 2 aromatic rings. The van der Waals surface area contributed by atoms with E-state index in [4.69, 9.17) is 0 Å². The molecule has 2 aromatic carbocycles. The van der Waals surface area contributed by atoms with E-state index in [0.29, 0.717) is 16.7 Å². The molecule has 0 saturated heterocycles. The average molecular weight is 326 g/mol. The van der Waals surface area contributed by atoms with Gasteiger partial charge >= 0.3 is 0 Å². The fraction of sp³-hybridized carbons (Fsp3) is 0.211. The molecule has 2 unspecified atom stereocenters. The Balaban J connectivity index is 2.16. The van der Waals surface area contributed by atoms with Gasteiger partial charge in [-0.3, -0.25) is 4.79 Å². The number of hydrogen-bond acceptors (Lipinski definition) is 5. The Labute approximate surface area is 139 Å². The fourth-order valence-electron chi connectivity index (χ4n) is 2.80. The van der Waals surface area contributed by atoms with Crippen LogP contribution in [0.3, 0.4) is 0 Å². The Morgan fingerprint density at radius 3 is 1.96 bits per heavy atom. The van der Waals surface area contributed by atoms with E-state index in [0.717, 1.165) is 5.56 Å². The predicted molar refractivity (Wildman–Crippen MR) is 88.8 cm³/mol. The first kappa shape index (κ1) is 16.2. The molecular formula is C19H18O5. The molecule has 0 aliphatic heterocycles. The molecule has 0 radical (unpaired) electrons. The SMILES string of the molecule is O=C1/C=C\C(O)Cc2ccc(O)c(c2)-c2cc(ccc2O)CC1O. The van der Waals surface area contributed by atoms with Crippen LogP contribution in [0.1, 0.15) is 11.1 Å². The van der Waals surface area contributed by atoms with E-state index in [1.54, 1.807) is 24.3 Å². The van der Waals surface area contributed by atoms with Gasteiger partial charge in [-0.1, -0.05) is 18.2 Å². The van der Waals surface area contributed by atoms with E-state index in [9.17, 15) is 25.2 Å². The van der Waals surface area contributed by atoms with E-state index >= 15 is 0 Å². The number of ketones is 1. The largest absolute Gasteiger partial charge is 0.507 e. The highest BCUT2D eigenvalue weighted by Crippen LogP contribution is 2.37. The first-order valence-corrected chi connectivity index (χ1v) is 7.66. The molecule has 0 aromatic heterocycles. The smallest absolute Gasteiger partial charge is 0.184 e. The minimum absolute atomic E-state index is 0.00253. The van der Waals surface area contributed by atoms with Crippen LogP contribution in [0.4, 0.5) is 0 Å². The zero-order valence-corrected chi connectivity index (χ0v) is 12.9. The van der Waals surface area contributed by atoms with E-state index in [1.807, 2.05) is 0 Å². The van der Waals surface area contributed by atoms with Crippen molar-refractivity contribution in [1.82, 2.24) is 0 Å². The lowest BCUT2D eigenvalue weighted by atomic mass is 9.96. The quantitative estimate of drug-likeness (QED) is 0.591. The molecule has 4 bridgehead atoms. The molecule has 0 spiro atoms. The fourth-order valence-corrected chi connectivity index (χ4v) is 2.80. The van der Waals surface area contributed by atoms with Crippen molar-refractivity contribution < 1.29 is 25.2 Å². The second-order valence-corrected chi connectivity index (χ2v) is 5.96. The van der Waals surface area contributed by atoms with Gasteiger partial charge in [0.05, 0.1) is 6.10 Å². The zero-order chi connectivity index (χ0) is 17.3. The maximum absolute atomic E-state index is 11.9. The molecule has 0 saturated carbocycles. The number of hydrogen-bond donors (Lipinski definition) is 4. The van der Waals surface area contributed by atoms with Gasteiger partial charge in [0.25, 0.3) is 0 Å². The number of aliphatic hydroxyl groups is 2. The van der Waals surface area contributed by atoms with Gasteiger partial charge in [0, 0.05) is 24.0 Å². The van der Waals surface area contributed by atoms with E-state index in [1.165, 1.54) is 24.3 Å². The van der Waals surface area contributed by atoms with Crippen molar-refractivity contribution >= 4 is 5.78 Å². The normalized spacial score (nSPS) is 22.2. The maximum atomic E-state index is 11.9. The number of rotatable bonds is 0. The summed E-state index contributed by atoms with van der Waals surface area (Å²) in [5, 5.41) is 40.3. The van der Waals surface area contributed by atoms with Crippen molar-refractivity contribution in [2.75, 3.05) is 0 Å². The number of carbonyl (C=O) groups is 1. The van der Waals surface area contributed by atoms with Gasteiger partial charge in [0.15, 0.2) is 5.78 Å². The van der Waals surface area contributed by atoms with Crippen LogP contribution in [0.5, 0.6) is 11.5 Å². The molecule has 4 N–H and O–H groups in total. The Hall–Kier alpha value is -2.63. The van der Waals surface area contributed by atoms with Crippen molar-refractivity contribution in [3.8, 4) is 22.6 Å². The van der Waals surface area contributed by atoms with Gasteiger partial charge in [0.2, 0.25) is 0 Å². The van der Waals surface area contributed by atoms with Crippen LogP contribution in [-0.2, 0) is 17.6 Å². The molecule has 0 heterocycles. The van der Waals surface area contributed by atoms with E-state index in [2.05, 4.69) is 0 Å². The highest BCUT2D eigenvalue weighted by atomic mass is 16.3. The Bertz CT molecular complexity index is 809. The van der Waals surface area contributed by atoms with Crippen molar-refractivity contribution in [2.45, 2.75) is 25.0 Å². The predicted octanol–water partition coefficient (Wildman–Crippen LogP) is 1.71. The van der Waals surface area contributed by atoms with Gasteiger partial charge in [-0.25, -0.2) is 0 Å². The van der Waals surface area contributed by atoms with Gasteiger partial charge in [-0.15, -0.1) is 0 Å². The minimum atomic E-state index is -1.23. The summed E-state index contributed by atoms with van der Waals surface area (Å²) in [5.41, 5.74) is 2.25. The van der Waals surface area contributed by atoms with E-state index in [-0.39, 0.29) is 24.3 Å². The number of phenolic OH excluding ortho intramolecular Hbond substituents is 2. The van der Waals surface area contributed by atoms with Crippen molar-refractivity contribution in [1.29, 1.82) is 0 Å². The standard InChI is InChI=1S/C19H18O5/c20-13-3-6-18(23)19(24)10-12-2-5-17(22)15(9-12)14-8-11(7-13)1-4-16(14)21/h1-6,8-9,13,19-22,24H,7,10H2/b6-3-. The average Bonchev–Trinajstić information content (AvgIpc) is 2.56. The van der Waals surface area contributed by atoms with Gasteiger partial charge in [-0.05, 0) is 41.5 Å². The lowest BCUT2D eigenvalue weighted by Gasteiger charge is -2.12. The Kier molecular flexibility index (Phi) is 4.38. The molecule has 5 heteroatoms. The third kappa shape index (κ3) is 3.32. The second kappa shape index (κ2) is 6.47. The van der Waals surface area contributed by atoms with E-state index < -0.39 is 18.0 Å². The molecule has 3 rings (SSSR count). The second-order valence-electron chi connectivity index (χ2n) is 5.96. The summed E-state index contributed by atoms with van der Waals surface area (Å²) in [4.78, 5) is 11.9. The summed E-state index contributed by atoms with van der Waals surface area (Å²) in [5.74, 6) is -0.499. The molecule has 0 amide bonds. The monoisotopic (exact) mass is 326 g/mol. The lowest BCUT2D eigenvalue weighted by Crippen LogP contribution is -2.21. The Morgan fingerprint density at radius 1 is 0.833 bits per heavy atom. The summed E-state index contributed by atoms with van der Waals surface area (Å²) >= 11 is 0. The van der Waals surface area contributed by atoms with Crippen LogP contribution < -0.4 is 0 Å². The van der Waals surface area contributed by atoms with Crippen molar-refractivity contribution in [3.63, 3.8) is 0 Å². The van der Waals surface area contributed by atoms with Crippen LogP contribution >= 0.6 is 0 Å². The Morgan fingerprint density at radius 2 is 1.38 bits per heavy atom. The summed E-state index contributed by atoms with van der Waals surface area (Å²) < 4.78 is 0. The van der Waals surface area contributed by atoms with Crippen molar-refractivity contribution in [3.05, 3.63) is 59.7 Å². The number of carbonyl (C=O) groups excluding carboxylic acids is 1. The minimum Gasteiger partial charge on any atom is -0.507 e. The molecule has 0 fully saturated rings. The van der Waals surface area contributed by atoms with Crippen LogP contribution in [0.25, 0.3) is 11.1 Å². The number of aliphatic hydroxyl groups excluding tert-OH is 2. The van der Waals surface area contributed by atoms with Crippen LogP contribution in [0.2, 0.25) is 0 Å². The third-order valence-electron chi connectivity index (χ3n) is 4.10. The molecule has 1 aliphatic carbocycles. The molecular weight excluding hydrogens is 308 g/mol. The summed E-state index contributed by atoms with van der Waals surface area (Å²) in [6.07, 6.45) is 0.735. The highest BCUT2D eigenvalue weighted by Gasteiger charge is 2.17. The summed E-state index contributed by atoms with van der Waals surface area (Å²) in [6, 6.07) is 9.61. The van der Waals surface area contributed by atoms with Crippen LogP contribution in [0, 0.1) is 0 Å². The summed E-state index contributed by atoms with van der Waals surface area (Å²) in [6.45, 7) is 0. The lowest BCUT2D eigenvalue weighted by molar-refractivity contribution is -0.122. The molecule has 2 atom stereocenters. The van der Waals surface area contributed by atoms with Gasteiger partial charge in [-0.2, -0.15) is 0 Å². The zero-order valence-electron chi connectivity index (χ0n) is 12.9. The molecule has 1 aliphatic rings. The highest BCUT2D eigenvalue weighted by molar-refractivity contribution is 5.93. The molecule has 124 valence electrons. The number of benzene rings is 2. The number of phenols is 2. The van der Waals surface area contributed by atoms with Crippen LogP contribution in [0.15, 0.2) is 48.6 Å².